The van der Waals surface area contributed by atoms with Crippen LogP contribution in [0.1, 0.15) is 47.2 Å². The number of halogens is 1. The smallest absolute Gasteiger partial charge is 0.264 e. The number of fused-ring (bicyclic) bond motifs is 2. The van der Waals surface area contributed by atoms with E-state index < -0.39 is 21.5 Å². The summed E-state index contributed by atoms with van der Waals surface area (Å²) in [6.45, 7) is 2.66. The minimum atomic E-state index is -3.97. The number of hydrogen-bond acceptors (Lipinski definition) is 7. The van der Waals surface area contributed by atoms with Gasteiger partial charge in [-0.05, 0) is 78.4 Å². The Morgan fingerprint density at radius 2 is 1.76 bits per heavy atom. The van der Waals surface area contributed by atoms with Gasteiger partial charge in [0.05, 0.1) is 22.6 Å². The molecule has 2 N–H and O–H groups in total. The highest BCUT2D eigenvalue weighted by Crippen LogP contribution is 2.38. The molecule has 1 aromatic heterocycles. The molecule has 3 aromatic carbocycles. The van der Waals surface area contributed by atoms with Gasteiger partial charge in [-0.1, -0.05) is 60.1 Å². The maximum absolute atomic E-state index is 12.8. The largest absolute Gasteiger partial charge is 0.487 e. The van der Waals surface area contributed by atoms with Gasteiger partial charge in [-0.15, -0.1) is 0 Å². The lowest BCUT2D eigenvalue weighted by molar-refractivity contribution is -0.118. The van der Waals surface area contributed by atoms with Crippen molar-refractivity contribution in [2.45, 2.75) is 42.8 Å². The molecule has 45 heavy (non-hydrogen) atoms. The molecule has 0 atom stereocenters. The molecule has 1 amide bonds. The first-order valence-corrected chi connectivity index (χ1v) is 16.8. The van der Waals surface area contributed by atoms with E-state index in [0.29, 0.717) is 35.8 Å². The predicted octanol–water partition coefficient (Wildman–Crippen LogP) is 5.48. The van der Waals surface area contributed by atoms with E-state index in [4.69, 9.17) is 16.3 Å². The maximum atomic E-state index is 12.8. The molecule has 232 valence electrons. The van der Waals surface area contributed by atoms with Crippen LogP contribution in [0.2, 0.25) is 5.02 Å². The van der Waals surface area contributed by atoms with Crippen LogP contribution in [0.5, 0.6) is 5.75 Å². The van der Waals surface area contributed by atoms with Crippen molar-refractivity contribution in [3.8, 4) is 5.75 Å². The van der Waals surface area contributed by atoms with Crippen molar-refractivity contribution < 1.29 is 23.1 Å². The Balaban J connectivity index is 1.18. The molecule has 3 heterocycles. The fraction of sp³-hybridized carbons (Fsp3) is 0.257. The van der Waals surface area contributed by atoms with Gasteiger partial charge in [0.25, 0.3) is 10.0 Å². The van der Waals surface area contributed by atoms with Gasteiger partial charge in [-0.3, -0.25) is 9.78 Å². The lowest BCUT2D eigenvalue weighted by atomic mass is 9.84. The second-order valence-corrected chi connectivity index (χ2v) is 13.5. The van der Waals surface area contributed by atoms with Crippen LogP contribution >= 0.6 is 11.6 Å². The Morgan fingerprint density at radius 1 is 1.00 bits per heavy atom. The van der Waals surface area contributed by atoms with Crippen molar-refractivity contribution in [3.63, 3.8) is 0 Å². The summed E-state index contributed by atoms with van der Waals surface area (Å²) < 4.78 is 33.7. The molecule has 0 unspecified atom stereocenters. The number of sulfonamides is 1. The first kappa shape index (κ1) is 31.0. The molecule has 8 nitrogen and oxygen atoms in total. The molecule has 10 heteroatoms. The zero-order valence-electron chi connectivity index (χ0n) is 24.7. The molecule has 4 aromatic rings. The van der Waals surface area contributed by atoms with Gasteiger partial charge >= 0.3 is 0 Å². The number of hydrogen-bond donors (Lipinski definition) is 2. The van der Waals surface area contributed by atoms with Crippen molar-refractivity contribution in [3.05, 3.63) is 130 Å². The molecule has 0 bridgehead atoms. The van der Waals surface area contributed by atoms with Crippen LogP contribution < -0.4 is 9.46 Å². The second-order valence-electron chi connectivity index (χ2n) is 11.4. The number of amides is 1. The molecule has 6 rings (SSSR count). The fourth-order valence-electron chi connectivity index (χ4n) is 5.95. The summed E-state index contributed by atoms with van der Waals surface area (Å²) in [6.07, 6.45) is 5.84. The van der Waals surface area contributed by atoms with Gasteiger partial charge in [0, 0.05) is 42.0 Å². The van der Waals surface area contributed by atoms with Gasteiger partial charge < -0.3 is 14.7 Å². The van der Waals surface area contributed by atoms with Crippen LogP contribution in [-0.2, 0) is 33.4 Å². The number of carbonyl (C=O) groups excluding carboxylic acids is 1. The average Bonchev–Trinajstić information content (AvgIpc) is 3.19. The summed E-state index contributed by atoms with van der Waals surface area (Å²) in [5.74, 6) is 0.0518. The standard InChI is InChI=1S/C35H34ClN3O5S/c36-27-13-11-26(12-14-27)35(41)16-20-39(21-17-35)19-5-9-29-30-8-4-18-37-32(30)24-44-33-15-10-25(22-31(29)33)23-34(40)38-45(42,43)28-6-2-1-3-7-28/h1-4,6-15,18,22,41H,5,16-17,19-21,23-24H2,(H,38,40)/b29-9+. The van der Waals surface area contributed by atoms with Gasteiger partial charge in [-0.2, -0.15) is 0 Å². The fourth-order valence-corrected chi connectivity index (χ4v) is 7.08. The third-order valence-corrected chi connectivity index (χ3v) is 10.0. The first-order chi connectivity index (χ1) is 21.7. The first-order valence-electron chi connectivity index (χ1n) is 14.9. The molecule has 2 aliphatic heterocycles. The Bertz CT molecular complexity index is 1820. The summed E-state index contributed by atoms with van der Waals surface area (Å²) in [7, 11) is -3.97. The van der Waals surface area contributed by atoms with E-state index in [-0.39, 0.29) is 11.3 Å². The number of piperidine rings is 1. The Morgan fingerprint density at radius 3 is 2.51 bits per heavy atom. The van der Waals surface area contributed by atoms with Crippen molar-refractivity contribution in [2.24, 2.45) is 0 Å². The molecule has 1 saturated heterocycles. The minimum Gasteiger partial charge on any atom is -0.487 e. The van der Waals surface area contributed by atoms with E-state index in [0.717, 1.165) is 54.0 Å². The normalized spacial score (nSPS) is 17.1. The Labute approximate surface area is 268 Å². The van der Waals surface area contributed by atoms with Crippen LogP contribution in [0.3, 0.4) is 0 Å². The minimum absolute atomic E-state index is 0.0337. The van der Waals surface area contributed by atoms with Crippen molar-refractivity contribution in [2.75, 3.05) is 19.6 Å². The number of pyridine rings is 1. The summed E-state index contributed by atoms with van der Waals surface area (Å²) in [6, 6.07) is 24.7. The number of likely N-dealkylation sites (tertiary alicyclic amines) is 1. The van der Waals surface area contributed by atoms with E-state index in [1.807, 2.05) is 48.5 Å². The highest BCUT2D eigenvalue weighted by atomic mass is 35.5. The Kier molecular flexibility index (Phi) is 9.05. The molecular formula is C35H34ClN3O5S. The van der Waals surface area contributed by atoms with Crippen molar-refractivity contribution in [1.82, 2.24) is 14.6 Å². The number of nitrogens with one attached hydrogen (secondary N) is 1. The average molecular weight is 644 g/mol. The SMILES string of the molecule is O=C(Cc1ccc2c(c1)/C(=C/CCN1CCC(O)(c3ccc(Cl)cc3)CC1)c1cccnc1CO2)NS(=O)(=O)c1ccccc1. The number of aromatic nitrogens is 1. The van der Waals surface area contributed by atoms with Crippen molar-refractivity contribution in [1.29, 1.82) is 0 Å². The highest BCUT2D eigenvalue weighted by Gasteiger charge is 2.33. The number of ether oxygens (including phenoxy) is 1. The van der Waals surface area contributed by atoms with Gasteiger partial charge in [-0.25, -0.2) is 13.1 Å². The molecule has 2 aliphatic rings. The molecule has 0 aliphatic carbocycles. The monoisotopic (exact) mass is 643 g/mol. The second kappa shape index (κ2) is 13.1. The Hall–Kier alpha value is -4.02. The number of carbonyl (C=O) groups is 1. The highest BCUT2D eigenvalue weighted by molar-refractivity contribution is 7.90. The number of aliphatic hydroxyl groups is 1. The number of rotatable bonds is 8. The lowest BCUT2D eigenvalue weighted by Crippen LogP contribution is -2.42. The van der Waals surface area contributed by atoms with Gasteiger partial charge in [0.2, 0.25) is 5.91 Å². The number of nitrogens with zero attached hydrogens (tertiary/aromatic N) is 2. The maximum Gasteiger partial charge on any atom is 0.264 e. The molecule has 1 fully saturated rings. The van der Waals surface area contributed by atoms with Crippen LogP contribution in [0, 0.1) is 0 Å². The van der Waals surface area contributed by atoms with Crippen LogP contribution in [0.15, 0.2) is 102 Å². The summed E-state index contributed by atoms with van der Waals surface area (Å²) >= 11 is 6.04. The van der Waals surface area contributed by atoms with Crippen molar-refractivity contribution >= 4 is 33.1 Å². The van der Waals surface area contributed by atoms with Crippen LogP contribution in [-0.4, -0.2) is 48.9 Å². The predicted molar refractivity (Wildman–Crippen MR) is 173 cm³/mol. The van der Waals surface area contributed by atoms with Crippen LogP contribution in [0.25, 0.3) is 5.57 Å². The van der Waals surface area contributed by atoms with Crippen LogP contribution in [0.4, 0.5) is 0 Å². The van der Waals surface area contributed by atoms with E-state index in [2.05, 4.69) is 20.7 Å². The summed E-state index contributed by atoms with van der Waals surface area (Å²) in [5.41, 5.74) is 4.27. The van der Waals surface area contributed by atoms with Gasteiger partial charge in [0.1, 0.15) is 12.4 Å². The molecule has 0 radical (unpaired) electrons. The number of benzene rings is 3. The molecule has 0 spiro atoms. The van der Waals surface area contributed by atoms with Gasteiger partial charge in [0.15, 0.2) is 0 Å². The van der Waals surface area contributed by atoms with E-state index in [9.17, 15) is 18.3 Å². The lowest BCUT2D eigenvalue weighted by Gasteiger charge is -2.38. The third-order valence-electron chi connectivity index (χ3n) is 8.40. The quantitative estimate of drug-likeness (QED) is 0.262. The van der Waals surface area contributed by atoms with E-state index in [1.165, 1.54) is 12.1 Å². The topological polar surface area (TPSA) is 109 Å². The molecule has 0 saturated carbocycles. The van der Waals surface area contributed by atoms with E-state index >= 15 is 0 Å². The van der Waals surface area contributed by atoms with E-state index in [1.54, 1.807) is 30.5 Å². The molecular weight excluding hydrogens is 610 g/mol. The summed E-state index contributed by atoms with van der Waals surface area (Å²) in [4.78, 5) is 19.8. The third kappa shape index (κ3) is 7.12. The zero-order chi connectivity index (χ0) is 31.4. The zero-order valence-corrected chi connectivity index (χ0v) is 26.2. The summed E-state index contributed by atoms with van der Waals surface area (Å²) in [5, 5.41) is 11.9.